The van der Waals surface area contributed by atoms with Gasteiger partial charge in [-0.2, -0.15) is 5.26 Å². The van der Waals surface area contributed by atoms with Gasteiger partial charge in [0.05, 0.1) is 0 Å². The molecule has 0 bridgehead atoms. The van der Waals surface area contributed by atoms with Gasteiger partial charge in [-0.1, -0.05) is 26.0 Å². The van der Waals surface area contributed by atoms with E-state index in [4.69, 9.17) is 5.26 Å². The van der Waals surface area contributed by atoms with Gasteiger partial charge in [0.15, 0.2) is 0 Å². The van der Waals surface area contributed by atoms with Gasteiger partial charge in [0.2, 0.25) is 0 Å². The van der Waals surface area contributed by atoms with Crippen molar-refractivity contribution in [3.05, 3.63) is 59.4 Å². The zero-order valence-corrected chi connectivity index (χ0v) is 11.2. The van der Waals surface area contributed by atoms with Gasteiger partial charge < -0.3 is 5.32 Å². The monoisotopic (exact) mass is 251 g/mol. The predicted molar refractivity (Wildman–Crippen MR) is 76.8 cm³/mol. The summed E-state index contributed by atoms with van der Waals surface area (Å²) in [6.07, 6.45) is 1.66. The van der Waals surface area contributed by atoms with Crippen molar-refractivity contribution in [3.63, 3.8) is 0 Å². The summed E-state index contributed by atoms with van der Waals surface area (Å²) in [5.74, 6) is 0.549. The van der Waals surface area contributed by atoms with E-state index >= 15 is 0 Å². The van der Waals surface area contributed by atoms with Gasteiger partial charge in [-0.05, 0) is 41.3 Å². The Bertz CT molecular complexity index is 580. The molecule has 0 unspecified atom stereocenters. The van der Waals surface area contributed by atoms with E-state index < -0.39 is 0 Å². The molecule has 1 aromatic heterocycles. The third-order valence-electron chi connectivity index (χ3n) is 3.01. The molecular formula is C16H17N3. The first kappa shape index (κ1) is 13.1. The van der Waals surface area contributed by atoms with Gasteiger partial charge in [-0.25, -0.2) is 4.98 Å². The Morgan fingerprint density at radius 1 is 1.21 bits per heavy atom. The van der Waals surface area contributed by atoms with Crippen LogP contribution in [0.1, 0.15) is 36.6 Å². The largest absolute Gasteiger partial charge is 0.381 e. The van der Waals surface area contributed by atoms with E-state index in [1.807, 2.05) is 12.1 Å². The smallest absolute Gasteiger partial charge is 0.140 e. The summed E-state index contributed by atoms with van der Waals surface area (Å²) in [5, 5.41) is 12.1. The molecule has 0 saturated carbocycles. The van der Waals surface area contributed by atoms with Crippen molar-refractivity contribution in [2.75, 3.05) is 5.32 Å². The minimum absolute atomic E-state index is 0.453. The number of hydrogen-bond donors (Lipinski definition) is 1. The Morgan fingerprint density at radius 2 is 1.95 bits per heavy atom. The summed E-state index contributed by atoms with van der Waals surface area (Å²) in [4.78, 5) is 3.95. The van der Waals surface area contributed by atoms with Crippen molar-refractivity contribution >= 4 is 5.69 Å². The van der Waals surface area contributed by atoms with E-state index in [0.717, 1.165) is 11.3 Å². The molecule has 0 saturated heterocycles. The summed E-state index contributed by atoms with van der Waals surface area (Å²) in [6, 6.07) is 14.2. The average molecular weight is 251 g/mol. The fourth-order valence-corrected chi connectivity index (χ4v) is 1.84. The van der Waals surface area contributed by atoms with Gasteiger partial charge in [0, 0.05) is 18.4 Å². The molecule has 0 radical (unpaired) electrons. The molecule has 1 aromatic carbocycles. The molecule has 2 aromatic rings. The Hall–Kier alpha value is -2.34. The Morgan fingerprint density at radius 3 is 2.58 bits per heavy atom. The van der Waals surface area contributed by atoms with Gasteiger partial charge >= 0.3 is 0 Å². The predicted octanol–water partition coefficient (Wildman–Crippen LogP) is 3.69. The molecule has 0 fully saturated rings. The Kier molecular flexibility index (Phi) is 4.15. The molecule has 96 valence electrons. The van der Waals surface area contributed by atoms with Crippen LogP contribution in [-0.2, 0) is 6.54 Å². The average Bonchev–Trinajstić information content (AvgIpc) is 2.46. The molecule has 3 heteroatoms. The van der Waals surface area contributed by atoms with Gasteiger partial charge in [0.25, 0.3) is 0 Å². The van der Waals surface area contributed by atoms with Crippen LogP contribution in [0.15, 0.2) is 42.6 Å². The number of anilines is 1. The molecule has 0 aliphatic heterocycles. The van der Waals surface area contributed by atoms with E-state index in [-0.39, 0.29) is 0 Å². The second-order valence-corrected chi connectivity index (χ2v) is 4.79. The van der Waals surface area contributed by atoms with Crippen molar-refractivity contribution in [2.45, 2.75) is 26.3 Å². The maximum absolute atomic E-state index is 8.80. The van der Waals surface area contributed by atoms with Crippen LogP contribution >= 0.6 is 0 Å². The first-order valence-corrected chi connectivity index (χ1v) is 6.38. The maximum Gasteiger partial charge on any atom is 0.140 e. The Balaban J connectivity index is 2.00. The number of aromatic nitrogens is 1. The van der Waals surface area contributed by atoms with Crippen LogP contribution in [0.25, 0.3) is 0 Å². The van der Waals surface area contributed by atoms with Crippen LogP contribution in [0.5, 0.6) is 0 Å². The molecule has 1 heterocycles. The van der Waals surface area contributed by atoms with Gasteiger partial charge in [0.1, 0.15) is 11.8 Å². The highest BCUT2D eigenvalue weighted by molar-refractivity contribution is 5.45. The number of hydrogen-bond acceptors (Lipinski definition) is 3. The van der Waals surface area contributed by atoms with Crippen molar-refractivity contribution in [1.82, 2.24) is 4.98 Å². The number of nitrogens with zero attached hydrogens (tertiary/aromatic N) is 2. The van der Waals surface area contributed by atoms with E-state index in [1.54, 1.807) is 12.3 Å². The first-order valence-electron chi connectivity index (χ1n) is 6.38. The van der Waals surface area contributed by atoms with Crippen molar-refractivity contribution in [2.24, 2.45) is 0 Å². The Labute approximate surface area is 113 Å². The number of nitriles is 1. The van der Waals surface area contributed by atoms with E-state index in [9.17, 15) is 0 Å². The lowest BCUT2D eigenvalue weighted by atomic mass is 10.0. The fourth-order valence-electron chi connectivity index (χ4n) is 1.84. The lowest BCUT2D eigenvalue weighted by Gasteiger charge is -2.09. The highest BCUT2D eigenvalue weighted by atomic mass is 14.9. The standard InChI is InChI=1S/C16H17N3/c1-12(2)14-3-5-15(6-4-14)19-11-13-7-8-18-16(9-13)10-17/h3-9,12,19H,11H2,1-2H3. The second kappa shape index (κ2) is 6.01. The number of rotatable bonds is 4. The molecule has 2 rings (SSSR count). The van der Waals surface area contributed by atoms with Gasteiger partial charge in [-0.3, -0.25) is 0 Å². The summed E-state index contributed by atoms with van der Waals surface area (Å²) in [7, 11) is 0. The van der Waals surface area contributed by atoms with Crippen LogP contribution < -0.4 is 5.32 Å². The zero-order chi connectivity index (χ0) is 13.7. The minimum Gasteiger partial charge on any atom is -0.381 e. The topological polar surface area (TPSA) is 48.7 Å². The third kappa shape index (κ3) is 3.56. The van der Waals surface area contributed by atoms with Crippen molar-refractivity contribution < 1.29 is 0 Å². The molecule has 0 aliphatic rings. The van der Waals surface area contributed by atoms with Crippen LogP contribution in [0.4, 0.5) is 5.69 Å². The molecular weight excluding hydrogens is 234 g/mol. The van der Waals surface area contributed by atoms with E-state index in [1.165, 1.54) is 5.56 Å². The van der Waals surface area contributed by atoms with Crippen molar-refractivity contribution in [3.8, 4) is 6.07 Å². The fraction of sp³-hybridized carbons (Fsp3) is 0.250. The SMILES string of the molecule is CC(C)c1ccc(NCc2ccnc(C#N)c2)cc1. The molecule has 19 heavy (non-hydrogen) atoms. The first-order chi connectivity index (χ1) is 9.19. The zero-order valence-electron chi connectivity index (χ0n) is 11.2. The number of benzene rings is 1. The lowest BCUT2D eigenvalue weighted by Crippen LogP contribution is -2.00. The van der Waals surface area contributed by atoms with E-state index in [2.05, 4.69) is 48.4 Å². The quantitative estimate of drug-likeness (QED) is 0.901. The van der Waals surface area contributed by atoms with Crippen molar-refractivity contribution in [1.29, 1.82) is 5.26 Å². The van der Waals surface area contributed by atoms with Crippen LogP contribution in [0.3, 0.4) is 0 Å². The lowest BCUT2D eigenvalue weighted by molar-refractivity contribution is 0.867. The normalized spacial score (nSPS) is 10.2. The van der Waals surface area contributed by atoms with Gasteiger partial charge in [-0.15, -0.1) is 0 Å². The highest BCUT2D eigenvalue weighted by Gasteiger charge is 2.00. The number of pyridine rings is 1. The summed E-state index contributed by atoms with van der Waals surface area (Å²) in [6.45, 7) is 5.06. The molecule has 0 amide bonds. The summed E-state index contributed by atoms with van der Waals surface area (Å²) in [5.41, 5.74) is 3.93. The van der Waals surface area contributed by atoms with Crippen LogP contribution in [-0.4, -0.2) is 4.98 Å². The maximum atomic E-state index is 8.80. The molecule has 0 spiro atoms. The molecule has 1 N–H and O–H groups in total. The molecule has 0 atom stereocenters. The second-order valence-electron chi connectivity index (χ2n) is 4.79. The summed E-state index contributed by atoms with van der Waals surface area (Å²) >= 11 is 0. The van der Waals surface area contributed by atoms with Crippen LogP contribution in [0.2, 0.25) is 0 Å². The van der Waals surface area contributed by atoms with E-state index in [0.29, 0.717) is 18.2 Å². The molecule has 3 nitrogen and oxygen atoms in total. The minimum atomic E-state index is 0.453. The van der Waals surface area contributed by atoms with Crippen LogP contribution in [0, 0.1) is 11.3 Å². The number of nitrogens with one attached hydrogen (secondary N) is 1. The molecule has 0 aliphatic carbocycles. The summed E-state index contributed by atoms with van der Waals surface area (Å²) < 4.78 is 0. The highest BCUT2D eigenvalue weighted by Crippen LogP contribution is 2.17. The third-order valence-corrected chi connectivity index (χ3v) is 3.01.